The molecule has 0 fully saturated rings. The first-order chi connectivity index (χ1) is 10.6. The van der Waals surface area contributed by atoms with Gasteiger partial charge in [-0.25, -0.2) is 0 Å². The Morgan fingerprint density at radius 2 is 1.64 bits per heavy atom. The standard InChI is InChI=1S/C19H18ClNS/c1-13-12-17(21-10-4-5-11-21)18(19(22-3)14(13)2)15-6-8-16(20)9-7-15/h4-12H,1-3H3. The highest BCUT2D eigenvalue weighted by atomic mass is 35.5. The number of thioether (sulfide) groups is 1. The van der Waals surface area contributed by atoms with Crippen LogP contribution in [0.3, 0.4) is 0 Å². The van der Waals surface area contributed by atoms with Crippen molar-refractivity contribution in [2.45, 2.75) is 18.7 Å². The fourth-order valence-corrected chi connectivity index (χ4v) is 3.74. The lowest BCUT2D eigenvalue weighted by Crippen LogP contribution is -2.00. The van der Waals surface area contributed by atoms with Crippen LogP contribution in [0.1, 0.15) is 11.1 Å². The molecule has 0 saturated heterocycles. The van der Waals surface area contributed by atoms with Crippen molar-refractivity contribution in [2.75, 3.05) is 6.26 Å². The van der Waals surface area contributed by atoms with Gasteiger partial charge in [-0.1, -0.05) is 23.7 Å². The Labute approximate surface area is 140 Å². The normalized spacial score (nSPS) is 10.9. The smallest absolute Gasteiger partial charge is 0.0541 e. The van der Waals surface area contributed by atoms with Crippen LogP contribution in [-0.2, 0) is 0 Å². The molecule has 22 heavy (non-hydrogen) atoms. The molecule has 2 aromatic carbocycles. The highest BCUT2D eigenvalue weighted by Gasteiger charge is 2.16. The monoisotopic (exact) mass is 327 g/mol. The predicted molar refractivity (Wildman–Crippen MR) is 97.5 cm³/mol. The van der Waals surface area contributed by atoms with Crippen molar-refractivity contribution in [3.63, 3.8) is 0 Å². The molecule has 0 aliphatic rings. The number of benzene rings is 2. The van der Waals surface area contributed by atoms with Gasteiger partial charge in [-0.05, 0) is 67.1 Å². The summed E-state index contributed by atoms with van der Waals surface area (Å²) >= 11 is 7.86. The number of halogens is 1. The Bertz CT molecular complexity index is 789. The van der Waals surface area contributed by atoms with Crippen LogP contribution >= 0.6 is 23.4 Å². The van der Waals surface area contributed by atoms with Crippen molar-refractivity contribution in [1.82, 2.24) is 4.57 Å². The molecule has 0 spiro atoms. The van der Waals surface area contributed by atoms with Gasteiger partial charge in [0.15, 0.2) is 0 Å². The van der Waals surface area contributed by atoms with Crippen molar-refractivity contribution in [2.24, 2.45) is 0 Å². The van der Waals surface area contributed by atoms with Gasteiger partial charge in [-0.15, -0.1) is 11.8 Å². The van der Waals surface area contributed by atoms with Gasteiger partial charge in [0, 0.05) is 27.9 Å². The maximum atomic E-state index is 6.06. The lowest BCUT2D eigenvalue weighted by molar-refractivity contribution is 1.06. The molecule has 3 aromatic rings. The molecule has 0 amide bonds. The largest absolute Gasteiger partial charge is 0.323 e. The Morgan fingerprint density at radius 3 is 2.23 bits per heavy atom. The van der Waals surface area contributed by atoms with E-state index >= 15 is 0 Å². The third-order valence-corrected chi connectivity index (χ3v) is 5.16. The fraction of sp³-hybridized carbons (Fsp3) is 0.158. The van der Waals surface area contributed by atoms with Gasteiger partial charge in [0.1, 0.15) is 0 Å². The highest BCUT2D eigenvalue weighted by Crippen LogP contribution is 2.39. The molecule has 0 aliphatic heterocycles. The SMILES string of the molecule is CSc1c(C)c(C)cc(-n2cccc2)c1-c1ccc(Cl)cc1. The third kappa shape index (κ3) is 2.69. The number of aromatic nitrogens is 1. The van der Waals surface area contributed by atoms with Crippen molar-refractivity contribution in [3.05, 3.63) is 71.0 Å². The number of hydrogen-bond acceptors (Lipinski definition) is 1. The molecule has 0 aliphatic carbocycles. The van der Waals surface area contributed by atoms with Gasteiger partial charge in [0.2, 0.25) is 0 Å². The molecule has 3 rings (SSSR count). The third-order valence-electron chi connectivity index (χ3n) is 3.99. The zero-order valence-corrected chi connectivity index (χ0v) is 14.5. The van der Waals surface area contributed by atoms with Crippen LogP contribution in [0.5, 0.6) is 0 Å². The molecule has 0 saturated carbocycles. The van der Waals surface area contributed by atoms with E-state index < -0.39 is 0 Å². The van der Waals surface area contributed by atoms with Gasteiger partial charge < -0.3 is 4.57 Å². The first kappa shape index (κ1) is 15.3. The summed E-state index contributed by atoms with van der Waals surface area (Å²) in [5, 5.41) is 0.765. The minimum atomic E-state index is 0.765. The summed E-state index contributed by atoms with van der Waals surface area (Å²) in [6.07, 6.45) is 6.32. The molecule has 112 valence electrons. The summed E-state index contributed by atoms with van der Waals surface area (Å²) in [6.45, 7) is 4.37. The second-order valence-electron chi connectivity index (χ2n) is 5.34. The summed E-state index contributed by atoms with van der Waals surface area (Å²) < 4.78 is 2.18. The van der Waals surface area contributed by atoms with Gasteiger partial charge in [0.25, 0.3) is 0 Å². The van der Waals surface area contributed by atoms with E-state index in [1.165, 1.54) is 32.8 Å². The molecule has 0 unspecified atom stereocenters. The minimum absolute atomic E-state index is 0.765. The van der Waals surface area contributed by atoms with E-state index in [1.54, 1.807) is 11.8 Å². The fourth-order valence-electron chi connectivity index (χ4n) is 2.72. The van der Waals surface area contributed by atoms with Crippen molar-refractivity contribution < 1.29 is 0 Å². The number of nitrogens with zero attached hydrogens (tertiary/aromatic N) is 1. The van der Waals surface area contributed by atoms with Crippen LogP contribution in [0.25, 0.3) is 16.8 Å². The Balaban J connectivity index is 2.34. The first-order valence-electron chi connectivity index (χ1n) is 7.19. The van der Waals surface area contributed by atoms with Gasteiger partial charge in [-0.2, -0.15) is 0 Å². The summed E-state index contributed by atoms with van der Waals surface area (Å²) in [5.74, 6) is 0. The van der Waals surface area contributed by atoms with Crippen LogP contribution < -0.4 is 0 Å². The van der Waals surface area contributed by atoms with Crippen LogP contribution in [0, 0.1) is 13.8 Å². The van der Waals surface area contributed by atoms with E-state index in [1.807, 2.05) is 12.1 Å². The predicted octanol–water partition coefficient (Wildman–Crippen LogP) is 6.14. The van der Waals surface area contributed by atoms with E-state index in [-0.39, 0.29) is 0 Å². The van der Waals surface area contributed by atoms with Crippen LogP contribution in [0.15, 0.2) is 59.8 Å². The second kappa shape index (κ2) is 6.23. The molecule has 0 radical (unpaired) electrons. The van der Waals surface area contributed by atoms with Crippen LogP contribution in [0.2, 0.25) is 5.02 Å². The molecular formula is C19H18ClNS. The molecular weight excluding hydrogens is 310 g/mol. The maximum Gasteiger partial charge on any atom is 0.0541 e. The zero-order valence-electron chi connectivity index (χ0n) is 12.9. The number of rotatable bonds is 3. The minimum Gasteiger partial charge on any atom is -0.323 e. The van der Waals surface area contributed by atoms with E-state index in [0.29, 0.717) is 0 Å². The quantitative estimate of drug-likeness (QED) is 0.523. The lowest BCUT2D eigenvalue weighted by atomic mass is 9.97. The molecule has 1 nitrogen and oxygen atoms in total. The first-order valence-corrected chi connectivity index (χ1v) is 8.79. The Hall–Kier alpha value is -1.64. The molecule has 0 bridgehead atoms. The molecule has 1 heterocycles. The zero-order chi connectivity index (χ0) is 15.7. The topological polar surface area (TPSA) is 4.93 Å². The average Bonchev–Trinajstić information content (AvgIpc) is 3.04. The van der Waals surface area contributed by atoms with Gasteiger partial charge in [0.05, 0.1) is 5.69 Å². The summed E-state index contributed by atoms with van der Waals surface area (Å²) in [7, 11) is 0. The number of aryl methyl sites for hydroxylation is 1. The Kier molecular flexibility index (Phi) is 4.32. The number of hydrogen-bond donors (Lipinski definition) is 0. The summed E-state index contributed by atoms with van der Waals surface area (Å²) in [4.78, 5) is 1.33. The lowest BCUT2D eigenvalue weighted by Gasteiger charge is -2.19. The maximum absolute atomic E-state index is 6.06. The summed E-state index contributed by atoms with van der Waals surface area (Å²) in [6, 6.07) is 14.5. The molecule has 3 heteroatoms. The van der Waals surface area contributed by atoms with Crippen LogP contribution in [-0.4, -0.2) is 10.8 Å². The van der Waals surface area contributed by atoms with E-state index in [2.05, 4.69) is 67.4 Å². The molecule has 1 aromatic heterocycles. The van der Waals surface area contributed by atoms with E-state index in [9.17, 15) is 0 Å². The molecule has 0 atom stereocenters. The molecule has 0 N–H and O–H groups in total. The van der Waals surface area contributed by atoms with Gasteiger partial charge in [-0.3, -0.25) is 0 Å². The Morgan fingerprint density at radius 1 is 1.00 bits per heavy atom. The van der Waals surface area contributed by atoms with E-state index in [0.717, 1.165) is 5.02 Å². The average molecular weight is 328 g/mol. The van der Waals surface area contributed by atoms with Crippen molar-refractivity contribution in [1.29, 1.82) is 0 Å². The highest BCUT2D eigenvalue weighted by molar-refractivity contribution is 7.98. The van der Waals surface area contributed by atoms with Crippen LogP contribution in [0.4, 0.5) is 0 Å². The second-order valence-corrected chi connectivity index (χ2v) is 6.60. The van der Waals surface area contributed by atoms with Crippen molar-refractivity contribution >= 4 is 23.4 Å². The summed E-state index contributed by atoms with van der Waals surface area (Å²) in [5.41, 5.74) is 6.32. The van der Waals surface area contributed by atoms with Crippen molar-refractivity contribution in [3.8, 4) is 16.8 Å². The van der Waals surface area contributed by atoms with E-state index in [4.69, 9.17) is 11.6 Å². The van der Waals surface area contributed by atoms with Gasteiger partial charge >= 0.3 is 0 Å².